The van der Waals surface area contributed by atoms with Crippen LogP contribution >= 0.6 is 0 Å². The minimum absolute atomic E-state index is 0.670. The summed E-state index contributed by atoms with van der Waals surface area (Å²) in [4.78, 5) is 6.50. The molecule has 1 heterocycles. The van der Waals surface area contributed by atoms with Crippen LogP contribution in [0.1, 0.15) is 38.8 Å². The van der Waals surface area contributed by atoms with Gasteiger partial charge in [-0.25, -0.2) is 4.98 Å². The van der Waals surface area contributed by atoms with Crippen molar-refractivity contribution < 1.29 is 0 Å². The van der Waals surface area contributed by atoms with Crippen LogP contribution in [-0.2, 0) is 13.6 Å². The second kappa shape index (κ2) is 5.95. The molecule has 1 aliphatic carbocycles. The molecule has 0 spiro atoms. The Labute approximate surface area is 117 Å². The first-order valence-corrected chi connectivity index (χ1v) is 7.40. The van der Waals surface area contributed by atoms with E-state index in [1.54, 1.807) is 0 Å². The highest BCUT2D eigenvalue weighted by molar-refractivity contribution is 5.30. The van der Waals surface area contributed by atoms with Gasteiger partial charge in [0.25, 0.3) is 0 Å². The lowest BCUT2D eigenvalue weighted by atomic mass is 9.79. The molecular weight excluding hydrogens is 236 g/mol. The van der Waals surface area contributed by atoms with Crippen molar-refractivity contribution in [2.45, 2.75) is 45.7 Å². The Morgan fingerprint density at radius 1 is 1.32 bits per heavy atom. The van der Waals surface area contributed by atoms with Gasteiger partial charge in [-0.1, -0.05) is 13.8 Å². The topological polar surface area (TPSA) is 33.1 Å². The van der Waals surface area contributed by atoms with Crippen molar-refractivity contribution in [3.05, 3.63) is 11.9 Å². The molecule has 0 aromatic carbocycles. The Morgan fingerprint density at radius 2 is 2.05 bits per heavy atom. The third-order valence-corrected chi connectivity index (χ3v) is 4.63. The first-order valence-electron chi connectivity index (χ1n) is 7.40. The monoisotopic (exact) mass is 264 g/mol. The minimum atomic E-state index is 0.670. The van der Waals surface area contributed by atoms with Gasteiger partial charge < -0.3 is 14.8 Å². The fourth-order valence-corrected chi connectivity index (χ4v) is 3.00. The molecule has 1 fully saturated rings. The standard InChI is InChI=1S/C15H28N4/c1-11-6-7-13(8-12(11)2)16-9-14-10-17-15(18(3)4)19(14)5/h10-13,16H,6-9H2,1-5H3. The molecule has 108 valence electrons. The van der Waals surface area contributed by atoms with Crippen molar-refractivity contribution in [1.29, 1.82) is 0 Å². The molecule has 0 radical (unpaired) electrons. The maximum absolute atomic E-state index is 4.45. The van der Waals surface area contributed by atoms with Crippen LogP contribution in [0.4, 0.5) is 5.95 Å². The van der Waals surface area contributed by atoms with Gasteiger partial charge in [-0.05, 0) is 31.1 Å². The lowest BCUT2D eigenvalue weighted by Gasteiger charge is -2.32. The minimum Gasteiger partial charge on any atom is -0.348 e. The highest BCUT2D eigenvalue weighted by Gasteiger charge is 2.24. The van der Waals surface area contributed by atoms with Gasteiger partial charge in [-0.15, -0.1) is 0 Å². The Balaban J connectivity index is 1.89. The van der Waals surface area contributed by atoms with E-state index in [0.717, 1.165) is 24.3 Å². The van der Waals surface area contributed by atoms with E-state index in [0.29, 0.717) is 6.04 Å². The number of hydrogen-bond donors (Lipinski definition) is 1. The smallest absolute Gasteiger partial charge is 0.204 e. The van der Waals surface area contributed by atoms with Gasteiger partial charge in [0, 0.05) is 33.7 Å². The van der Waals surface area contributed by atoms with Gasteiger partial charge in [0.2, 0.25) is 5.95 Å². The first kappa shape index (κ1) is 14.4. The van der Waals surface area contributed by atoms with Gasteiger partial charge in [0.05, 0.1) is 11.9 Å². The summed E-state index contributed by atoms with van der Waals surface area (Å²) in [5, 5.41) is 3.70. The number of hydrogen-bond acceptors (Lipinski definition) is 3. The lowest BCUT2D eigenvalue weighted by Crippen LogP contribution is -2.36. The average molecular weight is 264 g/mol. The Bertz CT molecular complexity index is 410. The van der Waals surface area contributed by atoms with Gasteiger partial charge >= 0.3 is 0 Å². The normalized spacial score (nSPS) is 27.5. The summed E-state index contributed by atoms with van der Waals surface area (Å²) in [5.74, 6) is 2.74. The van der Waals surface area contributed by atoms with Crippen molar-refractivity contribution in [2.75, 3.05) is 19.0 Å². The van der Waals surface area contributed by atoms with E-state index in [9.17, 15) is 0 Å². The van der Waals surface area contributed by atoms with E-state index in [1.165, 1.54) is 25.0 Å². The molecule has 0 aliphatic heterocycles. The highest BCUT2D eigenvalue weighted by atomic mass is 15.3. The first-order chi connectivity index (χ1) is 8.99. The highest BCUT2D eigenvalue weighted by Crippen LogP contribution is 2.29. The number of imidazole rings is 1. The predicted octanol–water partition coefficient (Wildman–Crippen LogP) is 2.40. The molecule has 0 saturated heterocycles. The van der Waals surface area contributed by atoms with Crippen LogP contribution in [0.25, 0.3) is 0 Å². The van der Waals surface area contributed by atoms with Gasteiger partial charge in [0.15, 0.2) is 0 Å². The second-order valence-corrected chi connectivity index (χ2v) is 6.35. The van der Waals surface area contributed by atoms with E-state index in [2.05, 4.69) is 35.8 Å². The van der Waals surface area contributed by atoms with Gasteiger partial charge in [0.1, 0.15) is 0 Å². The molecule has 0 bridgehead atoms. The summed E-state index contributed by atoms with van der Waals surface area (Å²) in [6.07, 6.45) is 5.95. The lowest BCUT2D eigenvalue weighted by molar-refractivity contribution is 0.225. The van der Waals surface area contributed by atoms with E-state index in [-0.39, 0.29) is 0 Å². The van der Waals surface area contributed by atoms with E-state index in [4.69, 9.17) is 0 Å². The molecule has 1 N–H and O–H groups in total. The summed E-state index contributed by atoms with van der Waals surface area (Å²) in [7, 11) is 6.15. The number of anilines is 1. The number of aromatic nitrogens is 2. The maximum Gasteiger partial charge on any atom is 0.204 e. The summed E-state index contributed by atoms with van der Waals surface area (Å²) in [6.45, 7) is 5.68. The zero-order valence-electron chi connectivity index (χ0n) is 13.0. The molecule has 4 nitrogen and oxygen atoms in total. The van der Waals surface area contributed by atoms with Crippen LogP contribution in [0.15, 0.2) is 6.20 Å². The Morgan fingerprint density at radius 3 is 2.63 bits per heavy atom. The Hall–Kier alpha value is -1.03. The fourth-order valence-electron chi connectivity index (χ4n) is 3.00. The van der Waals surface area contributed by atoms with Crippen LogP contribution in [0, 0.1) is 11.8 Å². The average Bonchev–Trinajstić information content (AvgIpc) is 2.72. The SMILES string of the molecule is CC1CCC(NCc2cnc(N(C)C)n2C)CC1C. The molecular formula is C15H28N4. The molecule has 1 aromatic heterocycles. The van der Waals surface area contributed by atoms with Crippen LogP contribution in [0.3, 0.4) is 0 Å². The largest absolute Gasteiger partial charge is 0.348 e. The van der Waals surface area contributed by atoms with Gasteiger partial charge in [-0.2, -0.15) is 0 Å². The summed E-state index contributed by atoms with van der Waals surface area (Å²) < 4.78 is 2.17. The molecule has 19 heavy (non-hydrogen) atoms. The number of nitrogens with zero attached hydrogens (tertiary/aromatic N) is 3. The van der Waals surface area contributed by atoms with Crippen LogP contribution in [-0.4, -0.2) is 29.7 Å². The summed E-state index contributed by atoms with van der Waals surface area (Å²) in [5.41, 5.74) is 1.26. The van der Waals surface area contributed by atoms with Crippen LogP contribution < -0.4 is 10.2 Å². The number of rotatable bonds is 4. The summed E-state index contributed by atoms with van der Waals surface area (Å²) >= 11 is 0. The molecule has 2 rings (SSSR count). The molecule has 1 aromatic rings. The molecule has 1 saturated carbocycles. The van der Waals surface area contributed by atoms with Gasteiger partial charge in [-0.3, -0.25) is 0 Å². The quantitative estimate of drug-likeness (QED) is 0.906. The molecule has 1 aliphatic rings. The van der Waals surface area contributed by atoms with Crippen molar-refractivity contribution in [3.8, 4) is 0 Å². The Kier molecular flexibility index (Phi) is 4.50. The molecule has 3 unspecified atom stereocenters. The zero-order chi connectivity index (χ0) is 14.0. The fraction of sp³-hybridized carbons (Fsp3) is 0.800. The summed E-state index contributed by atoms with van der Waals surface area (Å²) in [6, 6.07) is 0.670. The van der Waals surface area contributed by atoms with Crippen LogP contribution in [0.2, 0.25) is 0 Å². The zero-order valence-corrected chi connectivity index (χ0v) is 13.0. The van der Waals surface area contributed by atoms with Crippen molar-refractivity contribution in [2.24, 2.45) is 18.9 Å². The van der Waals surface area contributed by atoms with Crippen molar-refractivity contribution >= 4 is 5.95 Å². The van der Waals surface area contributed by atoms with Crippen molar-refractivity contribution in [3.63, 3.8) is 0 Å². The van der Waals surface area contributed by atoms with E-state index >= 15 is 0 Å². The number of nitrogens with one attached hydrogen (secondary N) is 1. The third kappa shape index (κ3) is 3.30. The second-order valence-electron chi connectivity index (χ2n) is 6.35. The van der Waals surface area contributed by atoms with Crippen molar-refractivity contribution in [1.82, 2.24) is 14.9 Å². The predicted molar refractivity (Wildman–Crippen MR) is 80.3 cm³/mol. The van der Waals surface area contributed by atoms with E-state index < -0.39 is 0 Å². The molecule has 0 amide bonds. The maximum atomic E-state index is 4.45. The molecule has 4 heteroatoms. The third-order valence-electron chi connectivity index (χ3n) is 4.63. The van der Waals surface area contributed by atoms with Crippen LogP contribution in [0.5, 0.6) is 0 Å². The molecule has 3 atom stereocenters. The van der Waals surface area contributed by atoms with E-state index in [1.807, 2.05) is 25.2 Å².